The molecule has 2 heterocycles. The van der Waals surface area contributed by atoms with Gasteiger partial charge in [0.1, 0.15) is 0 Å². The van der Waals surface area contributed by atoms with E-state index in [1.165, 1.54) is 0 Å². The molecule has 120 valence electrons. The van der Waals surface area contributed by atoms with Crippen LogP contribution in [0.4, 0.5) is 18.3 Å². The fourth-order valence-corrected chi connectivity index (χ4v) is 2.84. The van der Waals surface area contributed by atoms with E-state index in [1.54, 1.807) is 0 Å². The molecule has 0 amide bonds. The van der Waals surface area contributed by atoms with Gasteiger partial charge in [0.25, 0.3) is 0 Å². The number of nitrogens with one attached hydrogen (secondary N) is 1. The normalized spacial score (nSPS) is 19.7. The third kappa shape index (κ3) is 5.08. The lowest BCUT2D eigenvalue weighted by molar-refractivity contribution is -0.138. The number of hydrogen-bond donors (Lipinski definition) is 2. The van der Waals surface area contributed by atoms with Gasteiger partial charge in [0, 0.05) is 13.1 Å². The summed E-state index contributed by atoms with van der Waals surface area (Å²) in [5.74, 6) is 0.721. The molecule has 1 aromatic rings. The topological polar surface area (TPSA) is 61.3 Å². The SMILES string of the molecule is CC1CCN(C[C@H](O)CNc2nnc(C(F)(F)F)s2)CC1. The molecule has 1 aliphatic rings. The summed E-state index contributed by atoms with van der Waals surface area (Å²) in [7, 11) is 0. The highest BCUT2D eigenvalue weighted by Crippen LogP contribution is 2.32. The highest BCUT2D eigenvalue weighted by molar-refractivity contribution is 7.15. The maximum absolute atomic E-state index is 12.4. The highest BCUT2D eigenvalue weighted by Gasteiger charge is 2.35. The number of anilines is 1. The van der Waals surface area contributed by atoms with E-state index >= 15 is 0 Å². The Hall–Kier alpha value is -0.930. The van der Waals surface area contributed by atoms with Crippen LogP contribution in [-0.4, -0.2) is 52.5 Å². The number of halogens is 3. The Morgan fingerprint density at radius 3 is 2.62 bits per heavy atom. The van der Waals surface area contributed by atoms with Gasteiger partial charge in [-0.15, -0.1) is 10.2 Å². The van der Waals surface area contributed by atoms with Gasteiger partial charge in [-0.3, -0.25) is 0 Å². The molecule has 0 bridgehead atoms. The third-order valence-corrected chi connectivity index (χ3v) is 4.43. The summed E-state index contributed by atoms with van der Waals surface area (Å²) in [6.07, 6.45) is -2.88. The monoisotopic (exact) mass is 324 g/mol. The summed E-state index contributed by atoms with van der Waals surface area (Å²) in [4.78, 5) is 2.17. The van der Waals surface area contributed by atoms with E-state index in [0.29, 0.717) is 17.9 Å². The van der Waals surface area contributed by atoms with E-state index in [4.69, 9.17) is 0 Å². The number of hydrogen-bond acceptors (Lipinski definition) is 6. The van der Waals surface area contributed by atoms with Crippen LogP contribution in [-0.2, 0) is 6.18 Å². The molecule has 2 rings (SSSR count). The van der Waals surface area contributed by atoms with Crippen LogP contribution in [0.2, 0.25) is 0 Å². The number of aliphatic hydroxyl groups is 1. The fraction of sp³-hybridized carbons (Fsp3) is 0.833. The molecule has 0 aliphatic carbocycles. The zero-order valence-electron chi connectivity index (χ0n) is 11.7. The number of alkyl halides is 3. The molecular weight excluding hydrogens is 305 g/mol. The number of likely N-dealkylation sites (tertiary alicyclic amines) is 1. The van der Waals surface area contributed by atoms with Crippen LogP contribution in [0.15, 0.2) is 0 Å². The van der Waals surface area contributed by atoms with Crippen LogP contribution in [0.25, 0.3) is 0 Å². The van der Waals surface area contributed by atoms with Gasteiger partial charge in [-0.05, 0) is 31.8 Å². The molecule has 9 heteroatoms. The summed E-state index contributed by atoms with van der Waals surface area (Å²) in [6, 6.07) is 0. The van der Waals surface area contributed by atoms with Crippen LogP contribution in [0.1, 0.15) is 24.8 Å². The molecule has 0 radical (unpaired) electrons. The molecule has 0 spiro atoms. The molecule has 1 saturated heterocycles. The molecule has 0 saturated carbocycles. The third-order valence-electron chi connectivity index (χ3n) is 3.50. The van der Waals surface area contributed by atoms with E-state index in [0.717, 1.165) is 31.8 Å². The van der Waals surface area contributed by atoms with Gasteiger partial charge in [0.15, 0.2) is 0 Å². The zero-order chi connectivity index (χ0) is 15.5. The smallest absolute Gasteiger partial charge is 0.390 e. The summed E-state index contributed by atoms with van der Waals surface area (Å²) < 4.78 is 37.1. The first-order chi connectivity index (χ1) is 9.84. The zero-order valence-corrected chi connectivity index (χ0v) is 12.5. The van der Waals surface area contributed by atoms with Gasteiger partial charge in [-0.2, -0.15) is 13.2 Å². The Morgan fingerprint density at radius 2 is 2.05 bits per heavy atom. The number of aliphatic hydroxyl groups excluding tert-OH is 1. The molecule has 2 N–H and O–H groups in total. The van der Waals surface area contributed by atoms with Gasteiger partial charge < -0.3 is 15.3 Å². The van der Waals surface area contributed by atoms with Crippen molar-refractivity contribution in [1.29, 1.82) is 0 Å². The summed E-state index contributed by atoms with van der Waals surface area (Å²) in [6.45, 7) is 4.80. The maximum atomic E-state index is 12.4. The Morgan fingerprint density at radius 1 is 1.38 bits per heavy atom. The van der Waals surface area contributed by atoms with Gasteiger partial charge in [-0.25, -0.2) is 0 Å². The van der Waals surface area contributed by atoms with E-state index < -0.39 is 17.3 Å². The number of β-amino-alcohol motifs (C(OH)–C–C–N with tert-alkyl or cyclic N) is 1. The molecule has 21 heavy (non-hydrogen) atoms. The number of piperidine rings is 1. The van der Waals surface area contributed by atoms with E-state index in [-0.39, 0.29) is 11.7 Å². The highest BCUT2D eigenvalue weighted by atomic mass is 32.1. The lowest BCUT2D eigenvalue weighted by Gasteiger charge is -2.31. The molecule has 0 aromatic carbocycles. The second kappa shape index (κ2) is 6.89. The van der Waals surface area contributed by atoms with Crippen molar-refractivity contribution in [2.24, 2.45) is 5.92 Å². The number of rotatable bonds is 5. The minimum atomic E-state index is -4.47. The predicted octanol–water partition coefficient (Wildman–Crippen LogP) is 2.06. The maximum Gasteiger partial charge on any atom is 0.445 e. The standard InChI is InChI=1S/C12H19F3N4OS/c1-8-2-4-19(5-3-8)7-9(20)6-16-11-18-17-10(21-11)12(13,14)15/h8-9,20H,2-7H2,1H3,(H,16,18)/t9-/m1/s1. The van der Waals surface area contributed by atoms with Gasteiger partial charge in [0.2, 0.25) is 10.1 Å². The van der Waals surface area contributed by atoms with Crippen molar-refractivity contribution in [2.75, 3.05) is 31.5 Å². The first kappa shape index (κ1) is 16.4. The largest absolute Gasteiger partial charge is 0.445 e. The summed E-state index contributed by atoms with van der Waals surface area (Å²) in [5.41, 5.74) is 0. The Bertz CT molecular complexity index is 446. The second-order valence-corrected chi connectivity index (χ2v) is 6.41. The van der Waals surface area contributed by atoms with Gasteiger partial charge in [0.05, 0.1) is 6.10 Å². The lowest BCUT2D eigenvalue weighted by atomic mass is 9.99. The molecular formula is C12H19F3N4OS. The molecule has 1 atom stereocenters. The quantitative estimate of drug-likeness (QED) is 0.868. The van der Waals surface area contributed by atoms with Crippen molar-refractivity contribution in [1.82, 2.24) is 15.1 Å². The molecule has 0 unspecified atom stereocenters. The molecule has 1 fully saturated rings. The average Bonchev–Trinajstić information content (AvgIpc) is 2.88. The van der Waals surface area contributed by atoms with Crippen molar-refractivity contribution >= 4 is 16.5 Å². The van der Waals surface area contributed by atoms with Crippen LogP contribution in [0.3, 0.4) is 0 Å². The number of nitrogens with zero attached hydrogens (tertiary/aromatic N) is 3. The van der Waals surface area contributed by atoms with Crippen molar-refractivity contribution < 1.29 is 18.3 Å². The molecule has 5 nitrogen and oxygen atoms in total. The van der Waals surface area contributed by atoms with E-state index in [9.17, 15) is 18.3 Å². The minimum absolute atomic E-state index is 0.0774. The van der Waals surface area contributed by atoms with E-state index in [1.807, 2.05) is 0 Å². The average molecular weight is 324 g/mol. The van der Waals surface area contributed by atoms with Crippen LogP contribution in [0.5, 0.6) is 0 Å². The van der Waals surface area contributed by atoms with Crippen LogP contribution >= 0.6 is 11.3 Å². The molecule has 1 aromatic heterocycles. The first-order valence-electron chi connectivity index (χ1n) is 6.89. The Labute approximate surface area is 125 Å². The van der Waals surface area contributed by atoms with Crippen LogP contribution in [0, 0.1) is 5.92 Å². The predicted molar refractivity (Wildman–Crippen MR) is 74.2 cm³/mol. The minimum Gasteiger partial charge on any atom is -0.390 e. The number of aromatic nitrogens is 2. The fourth-order valence-electron chi connectivity index (χ4n) is 2.22. The van der Waals surface area contributed by atoms with Crippen LogP contribution < -0.4 is 5.32 Å². The Balaban J connectivity index is 1.73. The summed E-state index contributed by atoms with van der Waals surface area (Å²) >= 11 is 0.445. The second-order valence-electron chi connectivity index (χ2n) is 5.43. The first-order valence-corrected chi connectivity index (χ1v) is 7.71. The van der Waals surface area contributed by atoms with Crippen molar-refractivity contribution in [2.45, 2.75) is 32.0 Å². The van der Waals surface area contributed by atoms with Crippen molar-refractivity contribution in [3.05, 3.63) is 5.01 Å². The summed E-state index contributed by atoms with van der Waals surface area (Å²) in [5, 5.41) is 18.2. The van der Waals surface area contributed by atoms with Gasteiger partial charge in [-0.1, -0.05) is 18.3 Å². The van der Waals surface area contributed by atoms with Crippen molar-refractivity contribution in [3.63, 3.8) is 0 Å². The molecule has 1 aliphatic heterocycles. The van der Waals surface area contributed by atoms with E-state index in [2.05, 4.69) is 27.3 Å². The van der Waals surface area contributed by atoms with Crippen molar-refractivity contribution in [3.8, 4) is 0 Å². The lowest BCUT2D eigenvalue weighted by Crippen LogP contribution is -2.40. The Kier molecular flexibility index (Phi) is 5.39. The van der Waals surface area contributed by atoms with Gasteiger partial charge >= 0.3 is 6.18 Å².